The van der Waals surface area contributed by atoms with Gasteiger partial charge in [0, 0.05) is 12.6 Å². The summed E-state index contributed by atoms with van der Waals surface area (Å²) in [5, 5.41) is 3.04. The molecule has 0 aromatic heterocycles. The van der Waals surface area contributed by atoms with Gasteiger partial charge in [0.05, 0.1) is 12.6 Å². The Balaban J connectivity index is 0.00000138. The van der Waals surface area contributed by atoms with Crippen molar-refractivity contribution in [2.45, 2.75) is 125 Å². The van der Waals surface area contributed by atoms with Crippen LogP contribution in [0, 0.1) is 17.3 Å². The van der Waals surface area contributed by atoms with Crippen molar-refractivity contribution in [3.63, 3.8) is 0 Å². The van der Waals surface area contributed by atoms with Crippen LogP contribution in [0.1, 0.15) is 107 Å². The van der Waals surface area contributed by atoms with Gasteiger partial charge in [-0.25, -0.2) is 0 Å². The number of likely N-dealkylation sites (tertiary alicyclic amines) is 1. The number of rotatable bonds is 8. The number of hydrogen-bond donors (Lipinski definition) is 2. The van der Waals surface area contributed by atoms with E-state index in [1.165, 1.54) is 6.42 Å². The molecule has 7 nitrogen and oxygen atoms in total. The molecule has 0 aromatic rings. The van der Waals surface area contributed by atoms with Gasteiger partial charge >= 0.3 is 0 Å². The van der Waals surface area contributed by atoms with Gasteiger partial charge in [0.25, 0.3) is 6.47 Å². The minimum absolute atomic E-state index is 0.0535. The summed E-state index contributed by atoms with van der Waals surface area (Å²) in [5.74, 6) is 0.707. The second-order valence-electron chi connectivity index (χ2n) is 10.4. The van der Waals surface area contributed by atoms with Crippen LogP contribution >= 0.6 is 0 Å². The maximum Gasteiger partial charge on any atom is 0.293 e. The molecule has 0 bridgehead atoms. The van der Waals surface area contributed by atoms with Gasteiger partial charge in [-0.05, 0) is 56.8 Å². The molecule has 34 heavy (non-hydrogen) atoms. The quantitative estimate of drug-likeness (QED) is 0.489. The lowest BCUT2D eigenvalue weighted by Crippen LogP contribution is -2.59. The Morgan fingerprint density at radius 2 is 1.71 bits per heavy atom. The Bertz CT molecular complexity index is 585. The van der Waals surface area contributed by atoms with E-state index in [0.717, 1.165) is 51.5 Å². The lowest BCUT2D eigenvalue weighted by molar-refractivity contribution is -0.140. The molecule has 2 amide bonds. The molecule has 1 aliphatic heterocycles. The third-order valence-electron chi connectivity index (χ3n) is 6.95. The van der Waals surface area contributed by atoms with Crippen LogP contribution in [0.3, 0.4) is 0 Å². The summed E-state index contributed by atoms with van der Waals surface area (Å²) in [6.45, 7) is 17.9. The van der Waals surface area contributed by atoms with Crippen LogP contribution in [0.15, 0.2) is 0 Å². The Morgan fingerprint density at radius 3 is 2.15 bits per heavy atom. The van der Waals surface area contributed by atoms with Crippen LogP contribution in [0.4, 0.5) is 0 Å². The second kappa shape index (κ2) is 16.9. The van der Waals surface area contributed by atoms with Crippen molar-refractivity contribution < 1.29 is 19.1 Å². The van der Waals surface area contributed by atoms with Crippen LogP contribution in [0.5, 0.6) is 0 Å². The number of carbonyl (C=O) groups excluding carboxylic acids is 3. The van der Waals surface area contributed by atoms with Crippen LogP contribution in [0.25, 0.3) is 0 Å². The van der Waals surface area contributed by atoms with Crippen LogP contribution in [-0.2, 0) is 19.1 Å². The predicted molar refractivity (Wildman–Crippen MR) is 139 cm³/mol. The first-order chi connectivity index (χ1) is 16.1. The molecule has 200 valence electrons. The average Bonchev–Trinajstić information content (AvgIpc) is 3.19. The molecule has 1 saturated heterocycles. The molecule has 0 radical (unpaired) electrons. The molecule has 1 heterocycles. The Hall–Kier alpha value is -1.63. The van der Waals surface area contributed by atoms with E-state index in [-0.39, 0.29) is 29.2 Å². The first-order valence-corrected chi connectivity index (χ1v) is 13.5. The van der Waals surface area contributed by atoms with Gasteiger partial charge < -0.3 is 20.7 Å². The van der Waals surface area contributed by atoms with Gasteiger partial charge in [-0.1, -0.05) is 67.2 Å². The van der Waals surface area contributed by atoms with Gasteiger partial charge in [0.2, 0.25) is 11.8 Å². The zero-order chi connectivity index (χ0) is 26.3. The summed E-state index contributed by atoms with van der Waals surface area (Å²) in [6.07, 6.45) is 8.94. The van der Waals surface area contributed by atoms with Crippen molar-refractivity contribution >= 4 is 18.3 Å². The van der Waals surface area contributed by atoms with Crippen molar-refractivity contribution in [2.24, 2.45) is 23.0 Å². The van der Waals surface area contributed by atoms with Crippen molar-refractivity contribution in [2.75, 3.05) is 13.2 Å². The third-order valence-corrected chi connectivity index (χ3v) is 6.95. The van der Waals surface area contributed by atoms with Gasteiger partial charge in [-0.2, -0.15) is 0 Å². The van der Waals surface area contributed by atoms with E-state index >= 15 is 0 Å². The average molecular weight is 484 g/mol. The zero-order valence-corrected chi connectivity index (χ0v) is 23.2. The normalized spacial score (nSPS) is 22.3. The van der Waals surface area contributed by atoms with Gasteiger partial charge in [-0.3, -0.25) is 14.4 Å². The highest BCUT2D eigenvalue weighted by Crippen LogP contribution is 2.31. The Kier molecular flexibility index (Phi) is 16.1. The highest BCUT2D eigenvalue weighted by Gasteiger charge is 2.42. The Morgan fingerprint density at radius 1 is 1.12 bits per heavy atom. The standard InChI is InChI=1S/C22H41N3O2.C3H6O2.C2H6/c1-6-10-16-13-14-25(15(16)2)21(27)19(22(3,4)5)24-20(26)18(23)17-11-8-7-9-12-17;1-2-5-3-4;1-2/h15-19H,6-14,23H2,1-5H3,(H,24,26);3H,2H2,1H3;1-2H3/t15?,16-,18-,19?;;/m0../s1. The molecule has 7 heteroatoms. The number of amides is 2. The first-order valence-electron chi connectivity index (χ1n) is 13.5. The van der Waals surface area contributed by atoms with E-state index in [1.807, 2.05) is 39.5 Å². The number of hydrogen-bond acceptors (Lipinski definition) is 5. The number of nitrogens with zero attached hydrogens (tertiary/aromatic N) is 1. The summed E-state index contributed by atoms with van der Waals surface area (Å²) in [5.41, 5.74) is 5.94. The molecule has 1 aliphatic carbocycles. The van der Waals surface area contributed by atoms with Crippen molar-refractivity contribution in [1.82, 2.24) is 10.2 Å². The molecule has 2 rings (SSSR count). The van der Waals surface area contributed by atoms with Crippen molar-refractivity contribution in [3.05, 3.63) is 0 Å². The van der Waals surface area contributed by atoms with Crippen LogP contribution in [0.2, 0.25) is 0 Å². The van der Waals surface area contributed by atoms with Crippen molar-refractivity contribution in [3.8, 4) is 0 Å². The highest BCUT2D eigenvalue weighted by molar-refractivity contribution is 5.90. The molecule has 2 unspecified atom stereocenters. The maximum atomic E-state index is 13.4. The van der Waals surface area contributed by atoms with Gasteiger partial charge in [0.1, 0.15) is 6.04 Å². The summed E-state index contributed by atoms with van der Waals surface area (Å²) < 4.78 is 4.15. The van der Waals surface area contributed by atoms with E-state index in [1.54, 1.807) is 6.92 Å². The Labute approximate surface area is 208 Å². The fourth-order valence-electron chi connectivity index (χ4n) is 4.90. The molecular weight excluding hydrogens is 430 g/mol. The summed E-state index contributed by atoms with van der Waals surface area (Å²) in [6, 6.07) is -0.791. The molecule has 3 N–H and O–H groups in total. The SMILES string of the molecule is CC.CCC[C@H]1CCN(C(=O)C(NC(=O)[C@@H](N)C2CCCCC2)C(C)(C)C)C1C.CCOC=O. The largest absolute Gasteiger partial charge is 0.468 e. The number of carbonyl (C=O) groups is 3. The minimum atomic E-state index is -0.525. The highest BCUT2D eigenvalue weighted by atomic mass is 16.5. The van der Waals surface area contributed by atoms with E-state index < -0.39 is 12.1 Å². The lowest BCUT2D eigenvalue weighted by Gasteiger charge is -2.37. The fourth-order valence-corrected chi connectivity index (χ4v) is 4.90. The van der Waals surface area contributed by atoms with E-state index in [2.05, 4.69) is 23.9 Å². The smallest absolute Gasteiger partial charge is 0.293 e. The molecule has 2 fully saturated rings. The molecular formula is C27H53N3O4. The maximum absolute atomic E-state index is 13.4. The second-order valence-corrected chi connectivity index (χ2v) is 10.4. The van der Waals surface area contributed by atoms with Crippen molar-refractivity contribution in [1.29, 1.82) is 0 Å². The molecule has 1 saturated carbocycles. The zero-order valence-electron chi connectivity index (χ0n) is 23.2. The fraction of sp³-hybridized carbons (Fsp3) is 0.889. The first kappa shape index (κ1) is 32.4. The number of ether oxygens (including phenoxy) is 1. The predicted octanol–water partition coefficient (Wildman–Crippen LogP) is 4.67. The van der Waals surface area contributed by atoms with Gasteiger partial charge in [-0.15, -0.1) is 0 Å². The van der Waals surface area contributed by atoms with E-state index in [9.17, 15) is 14.4 Å². The lowest BCUT2D eigenvalue weighted by atomic mass is 9.82. The number of nitrogens with one attached hydrogen (secondary N) is 1. The monoisotopic (exact) mass is 483 g/mol. The summed E-state index contributed by atoms with van der Waals surface area (Å²) in [4.78, 5) is 37.4. The third kappa shape index (κ3) is 10.3. The van der Waals surface area contributed by atoms with Crippen LogP contribution in [-0.4, -0.2) is 54.5 Å². The molecule has 0 spiro atoms. The van der Waals surface area contributed by atoms with Gasteiger partial charge in [0.15, 0.2) is 0 Å². The number of nitrogens with two attached hydrogens (primary N) is 1. The van der Waals surface area contributed by atoms with Crippen LogP contribution < -0.4 is 11.1 Å². The minimum Gasteiger partial charge on any atom is -0.468 e. The molecule has 2 aliphatic rings. The summed E-state index contributed by atoms with van der Waals surface area (Å²) >= 11 is 0. The summed E-state index contributed by atoms with van der Waals surface area (Å²) in [7, 11) is 0. The topological polar surface area (TPSA) is 102 Å². The molecule has 0 aromatic carbocycles. The van der Waals surface area contributed by atoms with E-state index in [4.69, 9.17) is 5.73 Å². The molecule has 4 atom stereocenters. The van der Waals surface area contributed by atoms with E-state index in [0.29, 0.717) is 19.0 Å².